The zero-order valence-corrected chi connectivity index (χ0v) is 31.8. The van der Waals surface area contributed by atoms with Crippen LogP contribution in [0, 0.1) is 0 Å². The minimum Gasteiger partial charge on any atom is -0.327 e. The lowest BCUT2D eigenvalue weighted by atomic mass is 9.98. The molecular formula is C53H35N5. The Bertz CT molecular complexity index is 3440. The first-order valence-corrected chi connectivity index (χ1v) is 19.8. The first kappa shape index (κ1) is 32.6. The summed E-state index contributed by atoms with van der Waals surface area (Å²) in [7, 11) is 2.12. The van der Waals surface area contributed by atoms with E-state index < -0.39 is 0 Å². The minimum atomic E-state index is 0.904. The molecule has 272 valence electrons. The van der Waals surface area contributed by atoms with Crippen LogP contribution < -0.4 is 0 Å². The van der Waals surface area contributed by atoms with E-state index >= 15 is 0 Å². The monoisotopic (exact) mass is 741 g/mol. The molecule has 4 heterocycles. The van der Waals surface area contributed by atoms with Crippen molar-refractivity contribution in [1.29, 1.82) is 0 Å². The fraction of sp³-hybridized carbons (Fsp3) is 0.0377. The number of hydrogen-bond donors (Lipinski definition) is 0. The first-order chi connectivity index (χ1) is 28.6. The lowest BCUT2D eigenvalue weighted by molar-refractivity contribution is 0.959. The van der Waals surface area contributed by atoms with Crippen LogP contribution >= 0.6 is 0 Å². The second-order valence-corrected chi connectivity index (χ2v) is 15.4. The average Bonchev–Trinajstić information content (AvgIpc) is 3.94. The van der Waals surface area contributed by atoms with Crippen LogP contribution in [0.5, 0.6) is 0 Å². The molecule has 7 aromatic carbocycles. The third kappa shape index (κ3) is 5.07. The molecule has 0 spiro atoms. The van der Waals surface area contributed by atoms with E-state index in [1.54, 1.807) is 0 Å². The van der Waals surface area contributed by atoms with Crippen molar-refractivity contribution in [3.63, 3.8) is 0 Å². The Kier molecular flexibility index (Phi) is 7.14. The van der Waals surface area contributed by atoms with Gasteiger partial charge in [0.25, 0.3) is 0 Å². The van der Waals surface area contributed by atoms with Gasteiger partial charge >= 0.3 is 0 Å². The number of hydrogen-bond acceptors (Lipinski definition) is 3. The molecule has 0 fully saturated rings. The molecule has 5 heteroatoms. The number of imidazole rings is 1. The molecule has 11 aromatic rings. The van der Waals surface area contributed by atoms with Crippen molar-refractivity contribution >= 4 is 43.7 Å². The lowest BCUT2D eigenvalue weighted by Crippen LogP contribution is -1.97. The molecule has 0 saturated carbocycles. The number of benzene rings is 7. The van der Waals surface area contributed by atoms with Crippen molar-refractivity contribution < 1.29 is 0 Å². The molecule has 0 unspecified atom stereocenters. The van der Waals surface area contributed by atoms with Crippen molar-refractivity contribution in [2.24, 2.45) is 7.05 Å². The van der Waals surface area contributed by atoms with E-state index in [1.807, 2.05) is 24.5 Å². The van der Waals surface area contributed by atoms with Crippen molar-refractivity contribution in [2.45, 2.75) is 6.42 Å². The molecule has 0 amide bonds. The van der Waals surface area contributed by atoms with E-state index in [4.69, 9.17) is 9.97 Å². The quantitative estimate of drug-likeness (QED) is 0.176. The van der Waals surface area contributed by atoms with Gasteiger partial charge in [-0.05, 0) is 105 Å². The van der Waals surface area contributed by atoms with Crippen molar-refractivity contribution in [3.8, 4) is 61.7 Å². The topological polar surface area (TPSA) is 48.5 Å². The molecule has 0 saturated heterocycles. The molecule has 58 heavy (non-hydrogen) atoms. The predicted octanol–water partition coefficient (Wildman–Crippen LogP) is 12.9. The maximum atomic E-state index is 5.30. The van der Waals surface area contributed by atoms with Crippen LogP contribution in [0.3, 0.4) is 0 Å². The Morgan fingerprint density at radius 3 is 2.22 bits per heavy atom. The average molecular weight is 742 g/mol. The van der Waals surface area contributed by atoms with Crippen LogP contribution in [0.1, 0.15) is 11.1 Å². The summed E-state index contributed by atoms with van der Waals surface area (Å²) in [4.78, 5) is 15.2. The van der Waals surface area contributed by atoms with E-state index in [2.05, 4.69) is 179 Å². The molecule has 1 aliphatic rings. The van der Waals surface area contributed by atoms with Gasteiger partial charge in [-0.25, -0.2) is 9.97 Å². The molecule has 12 rings (SSSR count). The van der Waals surface area contributed by atoms with Crippen LogP contribution in [0.4, 0.5) is 0 Å². The summed E-state index contributed by atoms with van der Waals surface area (Å²) in [5.74, 6) is 0.918. The molecule has 0 bridgehead atoms. The summed E-state index contributed by atoms with van der Waals surface area (Å²) in [5.41, 5.74) is 18.2. The van der Waals surface area contributed by atoms with Crippen LogP contribution in [-0.4, -0.2) is 24.1 Å². The Morgan fingerprint density at radius 1 is 0.483 bits per heavy atom. The lowest BCUT2D eigenvalue weighted by Gasteiger charge is -2.11. The minimum absolute atomic E-state index is 0.904. The van der Waals surface area contributed by atoms with Crippen LogP contribution in [0.15, 0.2) is 182 Å². The molecule has 0 atom stereocenters. The van der Waals surface area contributed by atoms with E-state index in [0.29, 0.717) is 0 Å². The van der Waals surface area contributed by atoms with Crippen molar-refractivity contribution in [1.82, 2.24) is 24.1 Å². The first-order valence-electron chi connectivity index (χ1n) is 19.8. The van der Waals surface area contributed by atoms with Gasteiger partial charge in [0.1, 0.15) is 11.5 Å². The number of aryl methyl sites for hydroxylation is 1. The highest BCUT2D eigenvalue weighted by Gasteiger charge is 2.21. The number of aromatic nitrogens is 5. The van der Waals surface area contributed by atoms with Crippen LogP contribution in [0.25, 0.3) is 105 Å². The predicted molar refractivity (Wildman–Crippen MR) is 238 cm³/mol. The third-order valence-electron chi connectivity index (χ3n) is 12.0. The smallest absolute Gasteiger partial charge is 0.145 e. The van der Waals surface area contributed by atoms with E-state index in [0.717, 1.165) is 73.3 Å². The Balaban J connectivity index is 1.01. The maximum absolute atomic E-state index is 5.30. The summed E-state index contributed by atoms with van der Waals surface area (Å²) >= 11 is 0. The summed E-state index contributed by atoms with van der Waals surface area (Å²) < 4.78 is 4.51. The standard InChI is InChI=1S/C53H35N5/c1-57-50-24-21-35(34-19-22-45-39(26-34)27-36-11-3-5-16-43(36)45)30-49(50)56-52(57)38-20-23-46-47-29-40(44-17-9-12-33-10-2-4-15-42(33)44)32-55-53(47)58(51(46)31-38)41-14-8-13-37(28-41)48-18-6-7-25-54-48/h2-26,28-32H,27H2,1H3. The van der Waals surface area contributed by atoms with E-state index in [1.165, 1.54) is 49.7 Å². The van der Waals surface area contributed by atoms with Gasteiger partial charge in [0.15, 0.2) is 0 Å². The third-order valence-corrected chi connectivity index (χ3v) is 12.0. The molecule has 0 N–H and O–H groups in total. The summed E-state index contributed by atoms with van der Waals surface area (Å²) in [6, 6.07) is 61.0. The largest absolute Gasteiger partial charge is 0.327 e. The van der Waals surface area contributed by atoms with Gasteiger partial charge in [-0.15, -0.1) is 0 Å². The summed E-state index contributed by atoms with van der Waals surface area (Å²) in [5, 5.41) is 4.66. The van der Waals surface area contributed by atoms with Gasteiger partial charge in [-0.2, -0.15) is 0 Å². The molecule has 5 nitrogen and oxygen atoms in total. The Hall–Kier alpha value is -7.63. The van der Waals surface area contributed by atoms with E-state index in [9.17, 15) is 0 Å². The second kappa shape index (κ2) is 12.7. The maximum Gasteiger partial charge on any atom is 0.145 e. The Labute approximate surface area is 335 Å². The van der Waals surface area contributed by atoms with Gasteiger partial charge in [0.05, 0.1) is 22.2 Å². The number of nitrogens with zero attached hydrogens (tertiary/aromatic N) is 5. The molecule has 0 aliphatic heterocycles. The summed E-state index contributed by atoms with van der Waals surface area (Å²) in [6.45, 7) is 0. The summed E-state index contributed by atoms with van der Waals surface area (Å²) in [6.07, 6.45) is 4.84. The fourth-order valence-electron chi connectivity index (χ4n) is 9.22. The Morgan fingerprint density at radius 2 is 1.28 bits per heavy atom. The zero-order valence-electron chi connectivity index (χ0n) is 31.8. The van der Waals surface area contributed by atoms with Crippen LogP contribution in [-0.2, 0) is 13.5 Å². The van der Waals surface area contributed by atoms with Gasteiger partial charge in [-0.1, -0.05) is 121 Å². The van der Waals surface area contributed by atoms with Crippen LogP contribution in [0.2, 0.25) is 0 Å². The second-order valence-electron chi connectivity index (χ2n) is 15.4. The SMILES string of the molecule is Cn1c(-c2ccc3c4cc(-c5cccc6ccccc56)cnc4n(-c4cccc(-c5ccccn5)c4)c3c2)nc2cc(-c3ccc4c(c3)Cc3ccccc3-4)ccc21. The van der Waals surface area contributed by atoms with Crippen molar-refractivity contribution in [3.05, 3.63) is 193 Å². The molecule has 1 aliphatic carbocycles. The highest BCUT2D eigenvalue weighted by molar-refractivity contribution is 6.11. The van der Waals surface area contributed by atoms with Gasteiger partial charge in [0.2, 0.25) is 0 Å². The van der Waals surface area contributed by atoms with E-state index in [-0.39, 0.29) is 0 Å². The highest BCUT2D eigenvalue weighted by Crippen LogP contribution is 2.41. The highest BCUT2D eigenvalue weighted by atomic mass is 15.1. The van der Waals surface area contributed by atoms with Gasteiger partial charge in [0, 0.05) is 52.6 Å². The number of pyridine rings is 2. The molecule has 0 radical (unpaired) electrons. The normalized spacial score (nSPS) is 12.2. The zero-order chi connectivity index (χ0) is 38.3. The van der Waals surface area contributed by atoms with Crippen molar-refractivity contribution in [2.75, 3.05) is 0 Å². The molecular weight excluding hydrogens is 707 g/mol. The fourth-order valence-corrected chi connectivity index (χ4v) is 9.22. The molecule has 4 aromatic heterocycles. The number of fused-ring (bicyclic) bond motifs is 8. The number of rotatable bonds is 5. The van der Waals surface area contributed by atoms with Gasteiger partial charge in [-0.3, -0.25) is 9.55 Å². The van der Waals surface area contributed by atoms with Gasteiger partial charge < -0.3 is 4.57 Å².